The second-order valence-corrected chi connectivity index (χ2v) is 6.41. The lowest BCUT2D eigenvalue weighted by atomic mass is 9.75. The minimum Gasteiger partial charge on any atom is -0.496 e. The van der Waals surface area contributed by atoms with Crippen LogP contribution in [-0.4, -0.2) is 13.0 Å². The number of primary amides is 1. The summed E-state index contributed by atoms with van der Waals surface area (Å²) < 4.78 is 5.43. The first-order chi connectivity index (χ1) is 9.96. The summed E-state index contributed by atoms with van der Waals surface area (Å²) in [6, 6.07) is 5.93. The fraction of sp³-hybridized carbons (Fsp3) is 0.588. The second kappa shape index (κ2) is 6.48. The molecule has 4 heteroatoms. The number of nitrogens with two attached hydrogens (primary N) is 2. The van der Waals surface area contributed by atoms with E-state index in [9.17, 15) is 4.79 Å². The van der Waals surface area contributed by atoms with E-state index in [0.29, 0.717) is 6.42 Å². The summed E-state index contributed by atoms with van der Waals surface area (Å²) in [6.45, 7) is 2.05. The standard InChI is InChI=1S/C17H26N2O2/c1-12-5-6-15(21-2)13(9-12)14(18)10-17(11-16(19)20)7-3-4-8-17/h5-6,9,14H,3-4,7-8,10-11,18H2,1-2H3,(H2,19,20). The van der Waals surface area contributed by atoms with Gasteiger partial charge in [0.15, 0.2) is 0 Å². The molecule has 116 valence electrons. The lowest BCUT2D eigenvalue weighted by Crippen LogP contribution is -2.29. The molecule has 4 nitrogen and oxygen atoms in total. The molecule has 1 unspecified atom stereocenters. The zero-order valence-corrected chi connectivity index (χ0v) is 13.0. The molecule has 1 saturated carbocycles. The summed E-state index contributed by atoms with van der Waals surface area (Å²) in [5.41, 5.74) is 14.1. The van der Waals surface area contributed by atoms with E-state index in [4.69, 9.17) is 16.2 Å². The van der Waals surface area contributed by atoms with Crippen LogP contribution in [0, 0.1) is 12.3 Å². The molecule has 21 heavy (non-hydrogen) atoms. The van der Waals surface area contributed by atoms with Gasteiger partial charge in [-0.15, -0.1) is 0 Å². The molecule has 4 N–H and O–H groups in total. The Labute approximate surface area is 126 Å². The van der Waals surface area contributed by atoms with E-state index >= 15 is 0 Å². The highest BCUT2D eigenvalue weighted by atomic mass is 16.5. The molecule has 1 atom stereocenters. The first kappa shape index (κ1) is 15.8. The van der Waals surface area contributed by atoms with Crippen LogP contribution >= 0.6 is 0 Å². The van der Waals surface area contributed by atoms with E-state index in [1.165, 1.54) is 0 Å². The summed E-state index contributed by atoms with van der Waals surface area (Å²) in [7, 11) is 1.66. The number of ether oxygens (including phenoxy) is 1. The molecule has 0 spiro atoms. The Bertz CT molecular complexity index is 508. The van der Waals surface area contributed by atoms with Crippen molar-refractivity contribution in [2.75, 3.05) is 7.11 Å². The lowest BCUT2D eigenvalue weighted by molar-refractivity contribution is -0.120. The number of amides is 1. The van der Waals surface area contributed by atoms with Gasteiger partial charge in [0.1, 0.15) is 5.75 Å². The first-order valence-electron chi connectivity index (χ1n) is 7.64. The highest BCUT2D eigenvalue weighted by Gasteiger charge is 2.37. The van der Waals surface area contributed by atoms with E-state index < -0.39 is 0 Å². The maximum atomic E-state index is 11.4. The van der Waals surface area contributed by atoms with Gasteiger partial charge in [-0.2, -0.15) is 0 Å². The van der Waals surface area contributed by atoms with Crippen LogP contribution in [0.5, 0.6) is 5.75 Å². The van der Waals surface area contributed by atoms with Crippen LogP contribution in [0.3, 0.4) is 0 Å². The van der Waals surface area contributed by atoms with E-state index in [0.717, 1.165) is 49.0 Å². The van der Waals surface area contributed by atoms with Gasteiger partial charge in [-0.05, 0) is 37.7 Å². The van der Waals surface area contributed by atoms with Crippen molar-refractivity contribution in [1.82, 2.24) is 0 Å². The monoisotopic (exact) mass is 290 g/mol. The Hall–Kier alpha value is -1.55. The molecule has 1 aromatic rings. The molecule has 0 radical (unpaired) electrons. The molecule has 2 rings (SSSR count). The van der Waals surface area contributed by atoms with Crippen molar-refractivity contribution in [3.8, 4) is 5.75 Å². The van der Waals surface area contributed by atoms with Crippen molar-refractivity contribution < 1.29 is 9.53 Å². The van der Waals surface area contributed by atoms with Gasteiger partial charge in [0.25, 0.3) is 0 Å². The van der Waals surface area contributed by atoms with Gasteiger partial charge in [0.05, 0.1) is 7.11 Å². The molecule has 0 bridgehead atoms. The van der Waals surface area contributed by atoms with Gasteiger partial charge in [-0.1, -0.05) is 30.5 Å². The normalized spacial score (nSPS) is 18.4. The molecular weight excluding hydrogens is 264 g/mol. The fourth-order valence-electron chi connectivity index (χ4n) is 3.67. The molecule has 1 aliphatic carbocycles. The maximum absolute atomic E-state index is 11.4. The third-order valence-corrected chi connectivity index (χ3v) is 4.65. The molecule has 1 aromatic carbocycles. The number of aryl methyl sites for hydroxylation is 1. The van der Waals surface area contributed by atoms with Crippen molar-refractivity contribution in [3.05, 3.63) is 29.3 Å². The maximum Gasteiger partial charge on any atom is 0.217 e. The second-order valence-electron chi connectivity index (χ2n) is 6.41. The number of carbonyl (C=O) groups excluding carboxylic acids is 1. The topological polar surface area (TPSA) is 78.3 Å². The summed E-state index contributed by atoms with van der Waals surface area (Å²) in [4.78, 5) is 11.4. The Kier molecular flexibility index (Phi) is 4.88. The summed E-state index contributed by atoms with van der Waals surface area (Å²) >= 11 is 0. The zero-order valence-electron chi connectivity index (χ0n) is 13.0. The van der Waals surface area contributed by atoms with Gasteiger partial charge in [-0.3, -0.25) is 4.79 Å². The van der Waals surface area contributed by atoms with Gasteiger partial charge in [0.2, 0.25) is 5.91 Å². The lowest BCUT2D eigenvalue weighted by Gasteiger charge is -2.31. The molecule has 0 heterocycles. The van der Waals surface area contributed by atoms with Crippen molar-refractivity contribution in [3.63, 3.8) is 0 Å². The Balaban J connectivity index is 2.21. The van der Waals surface area contributed by atoms with Gasteiger partial charge >= 0.3 is 0 Å². The predicted molar refractivity (Wildman–Crippen MR) is 84.0 cm³/mol. The summed E-state index contributed by atoms with van der Waals surface area (Å²) in [5.74, 6) is 0.598. The summed E-state index contributed by atoms with van der Waals surface area (Å²) in [6.07, 6.45) is 5.62. The van der Waals surface area contributed by atoms with Crippen LogP contribution in [0.2, 0.25) is 0 Å². The zero-order chi connectivity index (χ0) is 15.5. The van der Waals surface area contributed by atoms with Crippen LogP contribution < -0.4 is 16.2 Å². The summed E-state index contributed by atoms with van der Waals surface area (Å²) in [5, 5.41) is 0. The minimum atomic E-state index is -0.222. The van der Waals surface area contributed by atoms with Gasteiger partial charge in [0, 0.05) is 18.0 Å². The van der Waals surface area contributed by atoms with E-state index in [-0.39, 0.29) is 17.4 Å². The number of rotatable bonds is 6. The van der Waals surface area contributed by atoms with Crippen LogP contribution in [0.15, 0.2) is 18.2 Å². The van der Waals surface area contributed by atoms with Crippen LogP contribution in [-0.2, 0) is 4.79 Å². The Morgan fingerprint density at radius 3 is 2.62 bits per heavy atom. The van der Waals surface area contributed by atoms with E-state index in [2.05, 4.69) is 6.07 Å². The quantitative estimate of drug-likeness (QED) is 0.845. The molecule has 1 amide bonds. The number of carbonyl (C=O) groups is 1. The van der Waals surface area contributed by atoms with E-state index in [1.807, 2.05) is 19.1 Å². The third kappa shape index (κ3) is 3.76. The number of methoxy groups -OCH3 is 1. The van der Waals surface area contributed by atoms with Gasteiger partial charge < -0.3 is 16.2 Å². The molecule has 1 aliphatic rings. The van der Waals surface area contributed by atoms with Crippen molar-refractivity contribution in [2.45, 2.75) is 51.5 Å². The fourth-order valence-corrected chi connectivity index (χ4v) is 3.67. The van der Waals surface area contributed by atoms with E-state index in [1.54, 1.807) is 7.11 Å². The Morgan fingerprint density at radius 2 is 2.05 bits per heavy atom. The van der Waals surface area contributed by atoms with Crippen LogP contribution in [0.25, 0.3) is 0 Å². The first-order valence-corrected chi connectivity index (χ1v) is 7.64. The van der Waals surface area contributed by atoms with Crippen LogP contribution in [0.4, 0.5) is 0 Å². The predicted octanol–water partition coefficient (Wildman–Crippen LogP) is 2.83. The average Bonchev–Trinajstić information content (AvgIpc) is 2.85. The number of hydrogen-bond acceptors (Lipinski definition) is 3. The molecule has 0 aliphatic heterocycles. The molecular formula is C17H26N2O2. The number of hydrogen-bond donors (Lipinski definition) is 2. The SMILES string of the molecule is COc1ccc(C)cc1C(N)CC1(CC(N)=O)CCCC1. The molecule has 1 fully saturated rings. The highest BCUT2D eigenvalue weighted by molar-refractivity contribution is 5.74. The highest BCUT2D eigenvalue weighted by Crippen LogP contribution is 2.47. The molecule has 0 saturated heterocycles. The molecule has 0 aromatic heterocycles. The van der Waals surface area contributed by atoms with Crippen molar-refractivity contribution in [2.24, 2.45) is 16.9 Å². The Morgan fingerprint density at radius 1 is 1.38 bits per heavy atom. The smallest absolute Gasteiger partial charge is 0.217 e. The third-order valence-electron chi connectivity index (χ3n) is 4.65. The number of benzene rings is 1. The minimum absolute atomic E-state index is 0.0278. The van der Waals surface area contributed by atoms with Gasteiger partial charge in [-0.25, -0.2) is 0 Å². The van der Waals surface area contributed by atoms with Crippen molar-refractivity contribution in [1.29, 1.82) is 0 Å². The van der Waals surface area contributed by atoms with Crippen molar-refractivity contribution >= 4 is 5.91 Å². The largest absolute Gasteiger partial charge is 0.496 e. The van der Waals surface area contributed by atoms with Crippen LogP contribution in [0.1, 0.15) is 55.7 Å². The average molecular weight is 290 g/mol.